The normalized spacial score (nSPS) is 15.1. The molecule has 1 heterocycles. The fraction of sp³-hybridized carbons (Fsp3) is 0.357. The summed E-state index contributed by atoms with van der Waals surface area (Å²) in [5, 5.41) is 7.69. The molecule has 0 bridgehead atoms. The molecule has 0 atom stereocenters. The number of halogens is 1. The molecular weight excluding hydrogens is 232 g/mol. The first-order chi connectivity index (χ1) is 8.40. The Kier molecular flexibility index (Phi) is 2.89. The second kappa shape index (κ2) is 4.53. The maximum absolute atomic E-state index is 5.91. The Morgan fingerprint density at radius 2 is 2.00 bits per heavy atom. The van der Waals surface area contributed by atoms with Crippen molar-refractivity contribution in [3.05, 3.63) is 41.6 Å². The second-order valence-electron chi connectivity index (χ2n) is 4.54. The summed E-state index contributed by atoms with van der Waals surface area (Å²) in [5.74, 6) is 1.34. The minimum Gasteiger partial charge on any atom is -0.281 e. The summed E-state index contributed by atoms with van der Waals surface area (Å²) in [6.07, 6.45) is 3.46. The third kappa shape index (κ3) is 2.09. The predicted octanol–water partition coefficient (Wildman–Crippen LogP) is 3.74. The summed E-state index contributed by atoms with van der Waals surface area (Å²) in [5.41, 5.74) is 4.88. The fourth-order valence-corrected chi connectivity index (χ4v) is 2.46. The third-order valence-electron chi connectivity index (χ3n) is 3.28. The van der Waals surface area contributed by atoms with Gasteiger partial charge in [0.2, 0.25) is 0 Å². The minimum absolute atomic E-state index is 0.652. The lowest BCUT2D eigenvalue weighted by Gasteiger charge is -2.03. The van der Waals surface area contributed by atoms with Gasteiger partial charge in [0.1, 0.15) is 0 Å². The molecule has 88 valence electrons. The van der Waals surface area contributed by atoms with Crippen LogP contribution in [0.1, 0.15) is 30.0 Å². The van der Waals surface area contributed by atoms with Crippen LogP contribution >= 0.6 is 11.6 Å². The van der Waals surface area contributed by atoms with E-state index in [1.54, 1.807) is 0 Å². The lowest BCUT2D eigenvalue weighted by Crippen LogP contribution is -1.93. The van der Waals surface area contributed by atoms with E-state index in [1.807, 2.05) is 18.2 Å². The molecule has 1 aromatic heterocycles. The lowest BCUT2D eigenvalue weighted by atomic mass is 10.0. The first kappa shape index (κ1) is 10.8. The number of H-pyrrole nitrogens is 1. The SMILES string of the molecule is ClCCc1c(-c2ccccc2)n[nH]c1C1CC1. The first-order valence-corrected chi connectivity index (χ1v) is 6.62. The summed E-state index contributed by atoms with van der Waals surface area (Å²) in [7, 11) is 0. The number of nitrogens with one attached hydrogen (secondary N) is 1. The molecule has 3 heteroatoms. The highest BCUT2D eigenvalue weighted by Gasteiger charge is 2.29. The molecule has 0 unspecified atom stereocenters. The van der Waals surface area contributed by atoms with Crippen LogP contribution in [0.15, 0.2) is 30.3 Å². The van der Waals surface area contributed by atoms with Crippen molar-refractivity contribution in [3.63, 3.8) is 0 Å². The van der Waals surface area contributed by atoms with Crippen molar-refractivity contribution >= 4 is 11.6 Å². The molecule has 1 fully saturated rings. The summed E-state index contributed by atoms with van der Waals surface area (Å²) in [4.78, 5) is 0. The molecule has 0 saturated heterocycles. The van der Waals surface area contributed by atoms with E-state index in [-0.39, 0.29) is 0 Å². The molecule has 1 aliphatic rings. The number of hydrogen-bond acceptors (Lipinski definition) is 1. The van der Waals surface area contributed by atoms with Crippen molar-refractivity contribution in [2.75, 3.05) is 5.88 Å². The van der Waals surface area contributed by atoms with E-state index >= 15 is 0 Å². The van der Waals surface area contributed by atoms with Crippen molar-refractivity contribution < 1.29 is 0 Å². The highest BCUT2D eigenvalue weighted by molar-refractivity contribution is 6.18. The Morgan fingerprint density at radius 3 is 2.65 bits per heavy atom. The molecule has 3 rings (SSSR count). The molecule has 0 spiro atoms. The summed E-state index contributed by atoms with van der Waals surface area (Å²) in [6.45, 7) is 0. The zero-order valence-electron chi connectivity index (χ0n) is 9.62. The Bertz CT molecular complexity index is 500. The van der Waals surface area contributed by atoms with Crippen LogP contribution in [0.2, 0.25) is 0 Å². The number of benzene rings is 1. The molecule has 17 heavy (non-hydrogen) atoms. The Labute approximate surface area is 106 Å². The van der Waals surface area contributed by atoms with E-state index in [9.17, 15) is 0 Å². The minimum atomic E-state index is 0.652. The zero-order chi connectivity index (χ0) is 11.7. The van der Waals surface area contributed by atoms with Crippen LogP contribution in [-0.2, 0) is 6.42 Å². The number of aromatic amines is 1. The molecule has 1 aliphatic carbocycles. The third-order valence-corrected chi connectivity index (χ3v) is 3.47. The van der Waals surface area contributed by atoms with Crippen LogP contribution in [0.4, 0.5) is 0 Å². The lowest BCUT2D eigenvalue weighted by molar-refractivity contribution is 0.947. The fourth-order valence-electron chi connectivity index (χ4n) is 2.27. The molecule has 1 N–H and O–H groups in total. The van der Waals surface area contributed by atoms with Crippen molar-refractivity contribution in [2.24, 2.45) is 0 Å². The van der Waals surface area contributed by atoms with E-state index in [1.165, 1.54) is 29.7 Å². The molecule has 0 amide bonds. The van der Waals surface area contributed by atoms with E-state index in [0.29, 0.717) is 11.8 Å². The number of alkyl halides is 1. The van der Waals surface area contributed by atoms with Gasteiger partial charge in [0, 0.05) is 28.6 Å². The smallest absolute Gasteiger partial charge is 0.0956 e. The molecule has 2 nitrogen and oxygen atoms in total. The van der Waals surface area contributed by atoms with Gasteiger partial charge in [-0.2, -0.15) is 5.10 Å². The van der Waals surface area contributed by atoms with Crippen molar-refractivity contribution in [1.29, 1.82) is 0 Å². The van der Waals surface area contributed by atoms with E-state index < -0.39 is 0 Å². The van der Waals surface area contributed by atoms with Gasteiger partial charge in [-0.25, -0.2) is 0 Å². The largest absolute Gasteiger partial charge is 0.281 e. The molecule has 1 aromatic carbocycles. The van der Waals surface area contributed by atoms with Crippen molar-refractivity contribution in [2.45, 2.75) is 25.2 Å². The van der Waals surface area contributed by atoms with Gasteiger partial charge in [0.15, 0.2) is 0 Å². The quantitative estimate of drug-likeness (QED) is 0.818. The van der Waals surface area contributed by atoms with Gasteiger partial charge in [-0.05, 0) is 19.3 Å². The average molecular weight is 247 g/mol. The van der Waals surface area contributed by atoms with Crippen LogP contribution < -0.4 is 0 Å². The number of aromatic nitrogens is 2. The Hall–Kier alpha value is -1.28. The van der Waals surface area contributed by atoms with Gasteiger partial charge in [0.05, 0.1) is 5.69 Å². The predicted molar refractivity (Wildman–Crippen MR) is 70.4 cm³/mol. The molecular formula is C14H15ClN2. The number of nitrogens with zero attached hydrogens (tertiary/aromatic N) is 1. The van der Waals surface area contributed by atoms with Crippen LogP contribution in [0.5, 0.6) is 0 Å². The second-order valence-corrected chi connectivity index (χ2v) is 4.92. The van der Waals surface area contributed by atoms with Crippen molar-refractivity contribution in [3.8, 4) is 11.3 Å². The molecule has 1 saturated carbocycles. The van der Waals surface area contributed by atoms with Gasteiger partial charge in [-0.1, -0.05) is 30.3 Å². The van der Waals surface area contributed by atoms with Crippen LogP contribution in [-0.4, -0.2) is 16.1 Å². The Balaban J connectivity index is 2.04. The van der Waals surface area contributed by atoms with Gasteiger partial charge >= 0.3 is 0 Å². The standard InChI is InChI=1S/C14H15ClN2/c15-9-8-12-13(10-4-2-1-3-5-10)16-17-14(12)11-6-7-11/h1-5,11H,6-9H2,(H,16,17). The van der Waals surface area contributed by atoms with Gasteiger partial charge in [-0.15, -0.1) is 11.6 Å². The Morgan fingerprint density at radius 1 is 1.24 bits per heavy atom. The monoisotopic (exact) mass is 246 g/mol. The van der Waals surface area contributed by atoms with Gasteiger partial charge < -0.3 is 0 Å². The van der Waals surface area contributed by atoms with Crippen LogP contribution in [0.25, 0.3) is 11.3 Å². The van der Waals surface area contributed by atoms with Crippen LogP contribution in [0, 0.1) is 0 Å². The number of hydrogen-bond donors (Lipinski definition) is 1. The highest BCUT2D eigenvalue weighted by atomic mass is 35.5. The van der Waals surface area contributed by atoms with E-state index in [2.05, 4.69) is 22.3 Å². The first-order valence-electron chi connectivity index (χ1n) is 6.08. The molecule has 2 aromatic rings. The summed E-state index contributed by atoms with van der Waals surface area (Å²) in [6, 6.07) is 10.3. The summed E-state index contributed by atoms with van der Waals surface area (Å²) >= 11 is 5.91. The number of rotatable bonds is 4. The van der Waals surface area contributed by atoms with Crippen LogP contribution in [0.3, 0.4) is 0 Å². The topological polar surface area (TPSA) is 28.7 Å². The zero-order valence-corrected chi connectivity index (χ0v) is 10.4. The van der Waals surface area contributed by atoms with Crippen molar-refractivity contribution in [1.82, 2.24) is 10.2 Å². The highest BCUT2D eigenvalue weighted by Crippen LogP contribution is 2.42. The van der Waals surface area contributed by atoms with Gasteiger partial charge in [-0.3, -0.25) is 5.10 Å². The maximum Gasteiger partial charge on any atom is 0.0956 e. The van der Waals surface area contributed by atoms with Gasteiger partial charge in [0.25, 0.3) is 0 Å². The molecule has 0 aliphatic heterocycles. The van der Waals surface area contributed by atoms with E-state index in [0.717, 1.165) is 12.1 Å². The maximum atomic E-state index is 5.91. The summed E-state index contributed by atoms with van der Waals surface area (Å²) < 4.78 is 0. The van der Waals surface area contributed by atoms with E-state index in [4.69, 9.17) is 11.6 Å². The average Bonchev–Trinajstić information content (AvgIpc) is 3.13. The molecule has 0 radical (unpaired) electrons.